The number of thiazole rings is 1. The molecule has 0 amide bonds. The molecule has 0 aliphatic rings. The molecule has 1 aromatic carbocycles. The van der Waals surface area contributed by atoms with Crippen LogP contribution >= 0.6 is 11.3 Å². The average Bonchev–Trinajstić information content (AvgIpc) is 2.78. The van der Waals surface area contributed by atoms with Gasteiger partial charge in [-0.05, 0) is 19.1 Å². The van der Waals surface area contributed by atoms with Crippen molar-refractivity contribution in [1.29, 1.82) is 0 Å². The third-order valence-corrected chi connectivity index (χ3v) is 3.02. The summed E-state index contributed by atoms with van der Waals surface area (Å²) < 4.78 is 18.9. The fourth-order valence-electron chi connectivity index (χ4n) is 1.41. The number of aliphatic hydroxyl groups is 1. The normalized spacial score (nSPS) is 12.4. The number of nitrogens with zero attached hydrogens (tertiary/aromatic N) is 1. The topological polar surface area (TPSA) is 42.4 Å². The Kier molecular flexibility index (Phi) is 3.71. The smallest absolute Gasteiger partial charge is 0.140 e. The summed E-state index contributed by atoms with van der Waals surface area (Å²) in [4.78, 5) is 4.06. The SMILES string of the molecule is C[C@@H](O)c1ccc(OCc2nccs2)cc1F. The number of aromatic nitrogens is 1. The molecule has 0 bridgehead atoms. The van der Waals surface area contributed by atoms with Gasteiger partial charge in [0.2, 0.25) is 0 Å². The first kappa shape index (κ1) is 12.0. The van der Waals surface area contributed by atoms with Crippen LogP contribution in [0.4, 0.5) is 4.39 Å². The molecule has 5 heteroatoms. The van der Waals surface area contributed by atoms with Gasteiger partial charge in [0.15, 0.2) is 0 Å². The first-order valence-corrected chi connectivity index (χ1v) is 6.03. The van der Waals surface area contributed by atoms with E-state index in [1.165, 1.54) is 30.4 Å². The molecule has 2 rings (SSSR count). The molecule has 17 heavy (non-hydrogen) atoms. The van der Waals surface area contributed by atoms with Gasteiger partial charge < -0.3 is 9.84 Å². The molecule has 0 spiro atoms. The predicted molar refractivity (Wildman–Crippen MR) is 63.5 cm³/mol. The summed E-state index contributed by atoms with van der Waals surface area (Å²) in [6.07, 6.45) is 0.878. The van der Waals surface area contributed by atoms with E-state index in [-0.39, 0.29) is 5.56 Å². The van der Waals surface area contributed by atoms with Crippen molar-refractivity contribution in [3.8, 4) is 5.75 Å². The summed E-state index contributed by atoms with van der Waals surface area (Å²) in [7, 11) is 0. The van der Waals surface area contributed by atoms with E-state index in [4.69, 9.17) is 4.74 Å². The zero-order chi connectivity index (χ0) is 12.3. The van der Waals surface area contributed by atoms with Crippen LogP contribution in [-0.2, 0) is 6.61 Å². The molecule has 90 valence electrons. The molecule has 1 aromatic heterocycles. The Balaban J connectivity index is 2.05. The third kappa shape index (κ3) is 3.01. The van der Waals surface area contributed by atoms with Gasteiger partial charge in [-0.2, -0.15) is 0 Å². The number of hydrogen-bond acceptors (Lipinski definition) is 4. The first-order chi connectivity index (χ1) is 8.16. The zero-order valence-electron chi connectivity index (χ0n) is 9.26. The van der Waals surface area contributed by atoms with Gasteiger partial charge in [0, 0.05) is 23.2 Å². The van der Waals surface area contributed by atoms with Crippen molar-refractivity contribution in [2.45, 2.75) is 19.6 Å². The molecule has 0 aliphatic carbocycles. The minimum absolute atomic E-state index is 0.270. The van der Waals surface area contributed by atoms with Gasteiger partial charge in [-0.1, -0.05) is 0 Å². The highest BCUT2D eigenvalue weighted by molar-refractivity contribution is 7.09. The maximum absolute atomic E-state index is 13.5. The molecule has 1 N–H and O–H groups in total. The van der Waals surface area contributed by atoms with E-state index >= 15 is 0 Å². The molecular formula is C12H12FNO2S. The molecule has 0 radical (unpaired) electrons. The molecule has 2 aromatic rings. The molecule has 0 saturated heterocycles. The van der Waals surface area contributed by atoms with Crippen LogP contribution in [0.1, 0.15) is 23.6 Å². The van der Waals surface area contributed by atoms with Crippen molar-refractivity contribution >= 4 is 11.3 Å². The highest BCUT2D eigenvalue weighted by atomic mass is 32.1. The number of benzene rings is 1. The van der Waals surface area contributed by atoms with Crippen LogP contribution in [0.5, 0.6) is 5.75 Å². The van der Waals surface area contributed by atoms with Gasteiger partial charge in [-0.25, -0.2) is 9.37 Å². The van der Waals surface area contributed by atoms with Gasteiger partial charge >= 0.3 is 0 Å². The van der Waals surface area contributed by atoms with E-state index < -0.39 is 11.9 Å². The van der Waals surface area contributed by atoms with Crippen molar-refractivity contribution in [3.05, 3.63) is 46.2 Å². The molecule has 0 saturated carbocycles. The van der Waals surface area contributed by atoms with Crippen molar-refractivity contribution in [2.24, 2.45) is 0 Å². The summed E-state index contributed by atoms with van der Waals surface area (Å²) in [6.45, 7) is 1.85. The maximum atomic E-state index is 13.5. The fourth-order valence-corrected chi connectivity index (χ4v) is 1.93. The minimum atomic E-state index is -0.817. The second-order valence-electron chi connectivity index (χ2n) is 3.57. The standard InChI is InChI=1S/C12H12FNO2S/c1-8(15)10-3-2-9(6-11(10)13)16-7-12-14-4-5-17-12/h2-6,8,15H,7H2,1H3/t8-/m1/s1. The summed E-state index contributed by atoms with van der Waals surface area (Å²) in [5.74, 6) is -0.0289. The number of halogens is 1. The largest absolute Gasteiger partial charge is 0.486 e. The van der Waals surface area contributed by atoms with E-state index in [9.17, 15) is 9.50 Å². The van der Waals surface area contributed by atoms with Crippen LogP contribution in [0, 0.1) is 5.82 Å². The lowest BCUT2D eigenvalue weighted by molar-refractivity contribution is 0.194. The fraction of sp³-hybridized carbons (Fsp3) is 0.250. The lowest BCUT2D eigenvalue weighted by Crippen LogP contribution is -1.98. The average molecular weight is 253 g/mol. The van der Waals surface area contributed by atoms with Gasteiger partial charge in [0.25, 0.3) is 0 Å². The van der Waals surface area contributed by atoms with Crippen LogP contribution < -0.4 is 4.74 Å². The lowest BCUT2D eigenvalue weighted by atomic mass is 10.1. The van der Waals surface area contributed by atoms with Gasteiger partial charge in [0.05, 0.1) is 6.10 Å². The van der Waals surface area contributed by atoms with Gasteiger partial charge in [-0.15, -0.1) is 11.3 Å². The Morgan fingerprint density at radius 1 is 1.53 bits per heavy atom. The number of hydrogen-bond donors (Lipinski definition) is 1. The minimum Gasteiger partial charge on any atom is -0.486 e. The second-order valence-corrected chi connectivity index (χ2v) is 4.55. The molecule has 0 unspecified atom stereocenters. The lowest BCUT2D eigenvalue weighted by Gasteiger charge is -2.09. The Hall–Kier alpha value is -1.46. The Labute approximate surface area is 103 Å². The zero-order valence-corrected chi connectivity index (χ0v) is 10.1. The van der Waals surface area contributed by atoms with E-state index in [0.717, 1.165) is 5.01 Å². The molecular weight excluding hydrogens is 241 g/mol. The Morgan fingerprint density at radius 3 is 2.94 bits per heavy atom. The van der Waals surface area contributed by atoms with Crippen molar-refractivity contribution in [1.82, 2.24) is 4.98 Å². The van der Waals surface area contributed by atoms with Crippen LogP contribution in [0.15, 0.2) is 29.8 Å². The Morgan fingerprint density at radius 2 is 2.35 bits per heavy atom. The van der Waals surface area contributed by atoms with Crippen molar-refractivity contribution in [3.63, 3.8) is 0 Å². The molecule has 0 aliphatic heterocycles. The molecule has 3 nitrogen and oxygen atoms in total. The van der Waals surface area contributed by atoms with Gasteiger partial charge in [-0.3, -0.25) is 0 Å². The van der Waals surface area contributed by atoms with E-state index in [2.05, 4.69) is 4.98 Å². The molecule has 1 atom stereocenters. The molecule has 1 heterocycles. The number of aliphatic hydroxyl groups excluding tert-OH is 1. The monoisotopic (exact) mass is 253 g/mol. The predicted octanol–water partition coefficient (Wildman–Crippen LogP) is 2.91. The maximum Gasteiger partial charge on any atom is 0.140 e. The summed E-state index contributed by atoms with van der Waals surface area (Å²) in [5.41, 5.74) is 0.270. The van der Waals surface area contributed by atoms with E-state index in [1.807, 2.05) is 5.38 Å². The highest BCUT2D eigenvalue weighted by Crippen LogP contribution is 2.22. The quantitative estimate of drug-likeness (QED) is 0.911. The number of rotatable bonds is 4. The van der Waals surface area contributed by atoms with Crippen molar-refractivity contribution < 1.29 is 14.2 Å². The molecule has 0 fully saturated rings. The summed E-state index contributed by atoms with van der Waals surface area (Å²) in [5, 5.41) is 12.0. The van der Waals surface area contributed by atoms with Crippen molar-refractivity contribution in [2.75, 3.05) is 0 Å². The van der Waals surface area contributed by atoms with Gasteiger partial charge in [0.1, 0.15) is 23.2 Å². The summed E-state index contributed by atoms with van der Waals surface area (Å²) in [6, 6.07) is 4.44. The van der Waals surface area contributed by atoms with E-state index in [0.29, 0.717) is 12.4 Å². The second kappa shape index (κ2) is 5.25. The Bertz CT molecular complexity index is 485. The first-order valence-electron chi connectivity index (χ1n) is 5.15. The van der Waals surface area contributed by atoms with Crippen LogP contribution in [-0.4, -0.2) is 10.1 Å². The van der Waals surface area contributed by atoms with Crippen LogP contribution in [0.25, 0.3) is 0 Å². The highest BCUT2D eigenvalue weighted by Gasteiger charge is 2.09. The third-order valence-electron chi connectivity index (χ3n) is 2.27. The number of ether oxygens (including phenoxy) is 1. The summed E-state index contributed by atoms with van der Waals surface area (Å²) >= 11 is 1.48. The van der Waals surface area contributed by atoms with Crippen LogP contribution in [0.3, 0.4) is 0 Å². The van der Waals surface area contributed by atoms with Crippen LogP contribution in [0.2, 0.25) is 0 Å². The van der Waals surface area contributed by atoms with E-state index in [1.54, 1.807) is 12.3 Å².